The number of hydrogen-bond acceptors (Lipinski definition) is 2. The first kappa shape index (κ1) is 9.99. The lowest BCUT2D eigenvalue weighted by atomic mass is 10.0. The molecule has 0 aliphatic rings. The predicted octanol–water partition coefficient (Wildman–Crippen LogP) is 3.29. The minimum atomic E-state index is 0.540. The molecule has 1 heterocycles. The summed E-state index contributed by atoms with van der Waals surface area (Å²) < 4.78 is 0. The van der Waals surface area contributed by atoms with Crippen molar-refractivity contribution >= 4 is 17.4 Å². The summed E-state index contributed by atoms with van der Waals surface area (Å²) in [7, 11) is 0. The topological polar surface area (TPSA) is 38.9 Å². The summed E-state index contributed by atoms with van der Waals surface area (Å²) in [5.41, 5.74) is 8.64. The Hall–Kier alpha value is -1.54. The van der Waals surface area contributed by atoms with Crippen LogP contribution < -0.4 is 5.73 Å². The largest absolute Gasteiger partial charge is 0.384 e. The zero-order valence-electron chi connectivity index (χ0n) is 8.37. The van der Waals surface area contributed by atoms with Crippen molar-refractivity contribution in [3.05, 3.63) is 47.1 Å². The van der Waals surface area contributed by atoms with Gasteiger partial charge in [-0.15, -0.1) is 0 Å². The van der Waals surface area contributed by atoms with Gasteiger partial charge in [-0.25, -0.2) is 4.98 Å². The molecule has 2 N–H and O–H groups in total. The predicted molar refractivity (Wildman–Crippen MR) is 63.8 cm³/mol. The average Bonchev–Trinajstić information content (AvgIpc) is 2.17. The number of nitrogens with zero attached hydrogens (tertiary/aromatic N) is 1. The molecule has 2 aromatic rings. The number of nitrogen functional groups attached to an aromatic ring is 1. The van der Waals surface area contributed by atoms with E-state index in [1.165, 1.54) is 0 Å². The number of nitrogens with two attached hydrogens (primary N) is 1. The van der Waals surface area contributed by atoms with Gasteiger partial charge in [-0.3, -0.25) is 0 Å². The van der Waals surface area contributed by atoms with E-state index in [1.54, 1.807) is 6.07 Å². The summed E-state index contributed by atoms with van der Waals surface area (Å²) in [6.45, 7) is 1.94. The second-order valence-corrected chi connectivity index (χ2v) is 3.82. The fourth-order valence-electron chi connectivity index (χ4n) is 1.54. The Morgan fingerprint density at radius 3 is 2.67 bits per heavy atom. The van der Waals surface area contributed by atoms with Crippen molar-refractivity contribution in [1.29, 1.82) is 0 Å². The van der Waals surface area contributed by atoms with Crippen molar-refractivity contribution < 1.29 is 0 Å². The fourth-order valence-corrected chi connectivity index (χ4v) is 1.73. The summed E-state index contributed by atoms with van der Waals surface area (Å²) in [5, 5.41) is 0.726. The lowest BCUT2D eigenvalue weighted by Crippen LogP contribution is -1.93. The van der Waals surface area contributed by atoms with Gasteiger partial charge in [0.15, 0.2) is 0 Å². The van der Waals surface area contributed by atoms with Gasteiger partial charge in [0, 0.05) is 16.3 Å². The molecule has 76 valence electrons. The number of aryl methyl sites for hydroxylation is 1. The SMILES string of the molecule is Cc1nc(N)ccc1-c1cccc(Cl)c1. The van der Waals surface area contributed by atoms with Crippen molar-refractivity contribution in [3.8, 4) is 11.1 Å². The third-order valence-electron chi connectivity index (χ3n) is 2.24. The van der Waals surface area contributed by atoms with Gasteiger partial charge >= 0.3 is 0 Å². The number of pyridine rings is 1. The van der Waals surface area contributed by atoms with Crippen LogP contribution in [0.25, 0.3) is 11.1 Å². The van der Waals surface area contributed by atoms with Crippen LogP contribution >= 0.6 is 11.6 Å². The Morgan fingerprint density at radius 2 is 2.00 bits per heavy atom. The number of aromatic nitrogens is 1. The molecule has 0 fully saturated rings. The minimum absolute atomic E-state index is 0.540. The van der Waals surface area contributed by atoms with Crippen LogP contribution in [0.5, 0.6) is 0 Å². The van der Waals surface area contributed by atoms with Crippen molar-refractivity contribution in [2.45, 2.75) is 6.92 Å². The van der Waals surface area contributed by atoms with Crippen LogP contribution in [0.2, 0.25) is 5.02 Å². The molecule has 0 aliphatic heterocycles. The molecule has 0 atom stereocenters. The molecule has 0 bridgehead atoms. The quantitative estimate of drug-likeness (QED) is 0.798. The molecule has 1 aromatic heterocycles. The highest BCUT2D eigenvalue weighted by Gasteiger charge is 2.03. The van der Waals surface area contributed by atoms with Crippen LogP contribution in [0, 0.1) is 6.92 Å². The van der Waals surface area contributed by atoms with Crippen LogP contribution in [-0.2, 0) is 0 Å². The third kappa shape index (κ3) is 2.10. The molecule has 0 spiro atoms. The zero-order chi connectivity index (χ0) is 10.8. The van der Waals surface area contributed by atoms with E-state index in [1.807, 2.05) is 37.3 Å². The number of hydrogen-bond donors (Lipinski definition) is 1. The first-order valence-corrected chi connectivity index (χ1v) is 5.03. The monoisotopic (exact) mass is 218 g/mol. The molecule has 0 unspecified atom stereocenters. The van der Waals surface area contributed by atoms with Crippen LogP contribution in [0.1, 0.15) is 5.69 Å². The molecule has 15 heavy (non-hydrogen) atoms. The minimum Gasteiger partial charge on any atom is -0.384 e. The average molecular weight is 219 g/mol. The van der Waals surface area contributed by atoms with E-state index in [0.29, 0.717) is 5.82 Å². The van der Waals surface area contributed by atoms with Gasteiger partial charge in [-0.1, -0.05) is 23.7 Å². The summed E-state index contributed by atoms with van der Waals surface area (Å²) in [6.07, 6.45) is 0. The molecular weight excluding hydrogens is 208 g/mol. The third-order valence-corrected chi connectivity index (χ3v) is 2.48. The Morgan fingerprint density at radius 1 is 1.20 bits per heavy atom. The van der Waals surface area contributed by atoms with Crippen molar-refractivity contribution in [3.63, 3.8) is 0 Å². The van der Waals surface area contributed by atoms with E-state index < -0.39 is 0 Å². The maximum absolute atomic E-state index is 5.93. The Labute approximate surface area is 93.7 Å². The van der Waals surface area contributed by atoms with Crippen LogP contribution in [0.3, 0.4) is 0 Å². The normalized spacial score (nSPS) is 10.3. The molecule has 0 radical (unpaired) electrons. The second kappa shape index (κ2) is 3.91. The maximum Gasteiger partial charge on any atom is 0.123 e. The molecule has 3 heteroatoms. The van der Waals surface area contributed by atoms with Crippen molar-refractivity contribution in [2.24, 2.45) is 0 Å². The van der Waals surface area contributed by atoms with Crippen LogP contribution in [0.4, 0.5) is 5.82 Å². The number of benzene rings is 1. The molecule has 0 amide bonds. The van der Waals surface area contributed by atoms with Gasteiger partial charge in [0.25, 0.3) is 0 Å². The molecule has 2 rings (SSSR count). The molecule has 0 aliphatic carbocycles. The van der Waals surface area contributed by atoms with E-state index >= 15 is 0 Å². The molecular formula is C12H11ClN2. The van der Waals surface area contributed by atoms with E-state index in [9.17, 15) is 0 Å². The summed E-state index contributed by atoms with van der Waals surface area (Å²) in [4.78, 5) is 4.21. The number of anilines is 1. The summed E-state index contributed by atoms with van der Waals surface area (Å²) >= 11 is 5.93. The molecule has 1 aromatic carbocycles. The Kier molecular flexibility index (Phi) is 2.60. The van der Waals surface area contributed by atoms with Gasteiger partial charge < -0.3 is 5.73 Å². The van der Waals surface area contributed by atoms with Gasteiger partial charge in [0.05, 0.1) is 0 Å². The zero-order valence-corrected chi connectivity index (χ0v) is 9.12. The Balaban J connectivity index is 2.54. The van der Waals surface area contributed by atoms with Gasteiger partial charge in [-0.05, 0) is 36.8 Å². The fraction of sp³-hybridized carbons (Fsp3) is 0.0833. The molecule has 2 nitrogen and oxygen atoms in total. The van der Waals surface area contributed by atoms with E-state index in [4.69, 9.17) is 17.3 Å². The van der Waals surface area contributed by atoms with E-state index in [0.717, 1.165) is 21.8 Å². The van der Waals surface area contributed by atoms with Gasteiger partial charge in [-0.2, -0.15) is 0 Å². The van der Waals surface area contributed by atoms with Crippen LogP contribution in [0.15, 0.2) is 36.4 Å². The first-order valence-electron chi connectivity index (χ1n) is 4.66. The lowest BCUT2D eigenvalue weighted by Gasteiger charge is -2.06. The number of halogens is 1. The van der Waals surface area contributed by atoms with Crippen LogP contribution in [-0.4, -0.2) is 4.98 Å². The van der Waals surface area contributed by atoms with Gasteiger partial charge in [0.2, 0.25) is 0 Å². The summed E-state index contributed by atoms with van der Waals surface area (Å²) in [6, 6.07) is 11.5. The van der Waals surface area contributed by atoms with E-state index in [-0.39, 0.29) is 0 Å². The highest BCUT2D eigenvalue weighted by Crippen LogP contribution is 2.25. The van der Waals surface area contributed by atoms with E-state index in [2.05, 4.69) is 4.98 Å². The maximum atomic E-state index is 5.93. The van der Waals surface area contributed by atoms with Crippen molar-refractivity contribution in [1.82, 2.24) is 4.98 Å². The van der Waals surface area contributed by atoms with Crippen molar-refractivity contribution in [2.75, 3.05) is 5.73 Å². The standard InChI is InChI=1S/C12H11ClN2/c1-8-11(5-6-12(14)15-8)9-3-2-4-10(13)7-9/h2-7H,1H3,(H2,14,15). The highest BCUT2D eigenvalue weighted by atomic mass is 35.5. The second-order valence-electron chi connectivity index (χ2n) is 3.38. The van der Waals surface area contributed by atoms with Gasteiger partial charge in [0.1, 0.15) is 5.82 Å². The first-order chi connectivity index (χ1) is 7.16. The molecule has 0 saturated heterocycles. The Bertz CT molecular complexity index is 495. The smallest absolute Gasteiger partial charge is 0.123 e. The number of rotatable bonds is 1. The summed E-state index contributed by atoms with van der Waals surface area (Å²) in [5.74, 6) is 0.540. The highest BCUT2D eigenvalue weighted by molar-refractivity contribution is 6.30. The lowest BCUT2D eigenvalue weighted by molar-refractivity contribution is 1.21. The molecule has 0 saturated carbocycles.